The number of nitrogens with one attached hydrogen (secondary N) is 1. The van der Waals surface area contributed by atoms with Crippen molar-refractivity contribution in [3.63, 3.8) is 0 Å². The summed E-state index contributed by atoms with van der Waals surface area (Å²) in [6.45, 7) is 3.44. The molecule has 0 bridgehead atoms. The predicted molar refractivity (Wildman–Crippen MR) is 101 cm³/mol. The SMILES string of the molecule is CCc1ccc(N2c3ccccc3N(CCCNC)S2(O)O)nc1. The van der Waals surface area contributed by atoms with Crippen LogP contribution in [0.25, 0.3) is 0 Å². The maximum absolute atomic E-state index is 10.9. The van der Waals surface area contributed by atoms with Crippen molar-refractivity contribution in [1.29, 1.82) is 0 Å². The second-order valence-electron chi connectivity index (χ2n) is 5.71. The van der Waals surface area contributed by atoms with Crippen LogP contribution in [0.1, 0.15) is 18.9 Å². The molecule has 2 heterocycles. The molecule has 0 saturated carbocycles. The number of rotatable bonds is 6. The van der Waals surface area contributed by atoms with Gasteiger partial charge in [-0.25, -0.2) is 9.29 Å². The van der Waals surface area contributed by atoms with Crippen LogP contribution >= 0.6 is 11.0 Å². The molecule has 24 heavy (non-hydrogen) atoms. The van der Waals surface area contributed by atoms with Crippen molar-refractivity contribution in [1.82, 2.24) is 10.3 Å². The average Bonchev–Trinajstić information content (AvgIpc) is 2.82. The zero-order chi connectivity index (χ0) is 17.2. The number of pyridine rings is 1. The van der Waals surface area contributed by atoms with E-state index < -0.39 is 11.0 Å². The smallest absolute Gasteiger partial charge is 0.153 e. The molecule has 7 heteroatoms. The summed E-state index contributed by atoms with van der Waals surface area (Å²) in [5.74, 6) is 0.552. The first-order chi connectivity index (χ1) is 11.6. The molecule has 0 radical (unpaired) electrons. The van der Waals surface area contributed by atoms with Crippen molar-refractivity contribution in [3.05, 3.63) is 48.2 Å². The van der Waals surface area contributed by atoms with Crippen LogP contribution < -0.4 is 13.9 Å². The third-order valence-electron chi connectivity index (χ3n) is 4.12. The van der Waals surface area contributed by atoms with Gasteiger partial charge in [0, 0.05) is 12.7 Å². The molecule has 0 fully saturated rings. The first-order valence-corrected chi connectivity index (χ1v) is 9.60. The molecule has 1 aliphatic heterocycles. The average molecular weight is 348 g/mol. The first kappa shape index (κ1) is 17.0. The van der Waals surface area contributed by atoms with E-state index in [1.807, 2.05) is 43.4 Å². The number of aryl methyl sites for hydroxylation is 1. The van der Waals surface area contributed by atoms with E-state index in [0.29, 0.717) is 12.4 Å². The minimum Gasteiger partial charge on any atom is -0.320 e. The van der Waals surface area contributed by atoms with Gasteiger partial charge < -0.3 is 5.32 Å². The van der Waals surface area contributed by atoms with Crippen molar-refractivity contribution >= 4 is 28.2 Å². The fraction of sp³-hybridized carbons (Fsp3) is 0.353. The Kier molecular flexibility index (Phi) is 4.96. The Bertz CT molecular complexity index is 693. The van der Waals surface area contributed by atoms with Crippen LogP contribution in [0.5, 0.6) is 0 Å². The predicted octanol–water partition coefficient (Wildman–Crippen LogP) is 3.79. The lowest BCUT2D eigenvalue weighted by Gasteiger charge is -2.43. The molecule has 3 N–H and O–H groups in total. The second-order valence-corrected chi connectivity index (χ2v) is 7.50. The minimum atomic E-state index is -3.16. The molecule has 0 unspecified atom stereocenters. The Morgan fingerprint density at radius 3 is 2.50 bits per heavy atom. The lowest BCUT2D eigenvalue weighted by molar-refractivity contribution is 0.483. The second kappa shape index (κ2) is 6.98. The highest BCUT2D eigenvalue weighted by atomic mass is 32.3. The number of hydrogen-bond acceptors (Lipinski definition) is 6. The summed E-state index contributed by atoms with van der Waals surface area (Å²) in [4.78, 5) is 4.44. The normalized spacial score (nSPS) is 17.0. The molecule has 3 rings (SSSR count). The molecule has 2 aromatic rings. The Morgan fingerprint density at radius 1 is 1.12 bits per heavy atom. The van der Waals surface area contributed by atoms with Gasteiger partial charge in [-0.05, 0) is 61.2 Å². The van der Waals surface area contributed by atoms with Crippen molar-refractivity contribution in [3.8, 4) is 0 Å². The molecule has 0 amide bonds. The van der Waals surface area contributed by atoms with Crippen LogP contribution in [0, 0.1) is 0 Å². The third kappa shape index (κ3) is 2.95. The van der Waals surface area contributed by atoms with Gasteiger partial charge in [0.2, 0.25) is 0 Å². The molecule has 1 aliphatic rings. The van der Waals surface area contributed by atoms with Gasteiger partial charge in [-0.2, -0.15) is 0 Å². The number of para-hydroxylation sites is 2. The van der Waals surface area contributed by atoms with Gasteiger partial charge >= 0.3 is 0 Å². The van der Waals surface area contributed by atoms with Crippen LogP contribution in [0.2, 0.25) is 0 Å². The zero-order valence-electron chi connectivity index (χ0n) is 14.0. The molecule has 1 aromatic heterocycles. The summed E-state index contributed by atoms with van der Waals surface area (Å²) in [6, 6.07) is 11.5. The summed E-state index contributed by atoms with van der Waals surface area (Å²) in [7, 11) is -1.27. The fourth-order valence-corrected chi connectivity index (χ4v) is 4.61. The summed E-state index contributed by atoms with van der Waals surface area (Å²) < 4.78 is 25.1. The minimum absolute atomic E-state index is 0.552. The van der Waals surface area contributed by atoms with Crippen LogP contribution in [-0.2, 0) is 6.42 Å². The molecular weight excluding hydrogens is 324 g/mol. The first-order valence-electron chi connectivity index (χ1n) is 8.14. The van der Waals surface area contributed by atoms with Gasteiger partial charge in [-0.3, -0.25) is 13.4 Å². The number of hydrogen-bond donors (Lipinski definition) is 3. The van der Waals surface area contributed by atoms with Gasteiger partial charge in [0.1, 0.15) is 0 Å². The van der Waals surface area contributed by atoms with Crippen LogP contribution in [-0.4, -0.2) is 34.2 Å². The molecular formula is C17H24N4O2S. The highest BCUT2D eigenvalue weighted by Gasteiger charge is 2.41. The Balaban J connectivity index is 1.99. The molecule has 130 valence electrons. The number of aromatic nitrogens is 1. The third-order valence-corrected chi connectivity index (χ3v) is 5.97. The Labute approximate surface area is 144 Å². The highest BCUT2D eigenvalue weighted by molar-refractivity contribution is 8.27. The quantitative estimate of drug-likeness (QED) is 0.690. The molecule has 0 saturated heterocycles. The van der Waals surface area contributed by atoms with E-state index in [4.69, 9.17) is 0 Å². The number of fused-ring (bicyclic) bond motifs is 1. The van der Waals surface area contributed by atoms with E-state index in [0.717, 1.165) is 36.3 Å². The topological polar surface area (TPSA) is 71.9 Å². The van der Waals surface area contributed by atoms with Gasteiger partial charge in [0.15, 0.2) is 5.82 Å². The lowest BCUT2D eigenvalue weighted by Crippen LogP contribution is -2.33. The zero-order valence-corrected chi connectivity index (χ0v) is 14.8. The van der Waals surface area contributed by atoms with Crippen LogP contribution in [0.3, 0.4) is 0 Å². The Hall–Kier alpha value is -1.80. The van der Waals surface area contributed by atoms with E-state index >= 15 is 0 Å². The monoisotopic (exact) mass is 348 g/mol. The van der Waals surface area contributed by atoms with E-state index in [9.17, 15) is 9.11 Å². The number of nitrogens with zero attached hydrogens (tertiary/aromatic N) is 3. The van der Waals surface area contributed by atoms with E-state index in [1.54, 1.807) is 14.8 Å². The van der Waals surface area contributed by atoms with Crippen LogP contribution in [0.4, 0.5) is 17.2 Å². The number of benzene rings is 1. The molecule has 1 aromatic carbocycles. The van der Waals surface area contributed by atoms with Gasteiger partial charge in [0.05, 0.1) is 11.4 Å². The lowest BCUT2D eigenvalue weighted by atomic mass is 10.2. The van der Waals surface area contributed by atoms with Crippen molar-refractivity contribution < 1.29 is 9.11 Å². The van der Waals surface area contributed by atoms with E-state index in [1.165, 1.54) is 0 Å². The van der Waals surface area contributed by atoms with Gasteiger partial charge in [-0.15, -0.1) is 0 Å². The molecule has 0 spiro atoms. The Morgan fingerprint density at radius 2 is 1.88 bits per heavy atom. The summed E-state index contributed by atoms with van der Waals surface area (Å²) in [5, 5.41) is 3.09. The highest BCUT2D eigenvalue weighted by Crippen LogP contribution is 2.63. The number of anilines is 3. The van der Waals surface area contributed by atoms with Gasteiger partial charge in [-0.1, -0.05) is 25.1 Å². The maximum Gasteiger partial charge on any atom is 0.153 e. The molecule has 6 nitrogen and oxygen atoms in total. The van der Waals surface area contributed by atoms with Gasteiger partial charge in [0.25, 0.3) is 0 Å². The largest absolute Gasteiger partial charge is 0.320 e. The van der Waals surface area contributed by atoms with Crippen LogP contribution in [0.15, 0.2) is 42.6 Å². The fourth-order valence-electron chi connectivity index (χ4n) is 2.85. The van der Waals surface area contributed by atoms with Crippen molar-refractivity contribution in [2.24, 2.45) is 0 Å². The molecule has 0 atom stereocenters. The van der Waals surface area contributed by atoms with Crippen molar-refractivity contribution in [2.45, 2.75) is 19.8 Å². The summed E-state index contributed by atoms with van der Waals surface area (Å²) >= 11 is 0. The summed E-state index contributed by atoms with van der Waals surface area (Å²) in [6.07, 6.45) is 3.50. The molecule has 0 aliphatic carbocycles. The summed E-state index contributed by atoms with van der Waals surface area (Å²) in [5.41, 5.74) is 2.72. The maximum atomic E-state index is 10.9. The van der Waals surface area contributed by atoms with Crippen molar-refractivity contribution in [2.75, 3.05) is 28.7 Å². The standard InChI is InChI=1S/C17H24N4O2S/c1-3-14-9-10-17(19-13-14)21-16-8-5-4-7-15(16)20(24(21,22)23)12-6-11-18-2/h4-5,7-10,13,18,22-23H,3,6,11-12H2,1-2H3. The van der Waals surface area contributed by atoms with E-state index in [-0.39, 0.29) is 0 Å². The van der Waals surface area contributed by atoms with E-state index in [2.05, 4.69) is 17.2 Å².